The summed E-state index contributed by atoms with van der Waals surface area (Å²) in [7, 11) is 0. The summed E-state index contributed by atoms with van der Waals surface area (Å²) in [5.41, 5.74) is 7.69. The second-order valence-corrected chi connectivity index (χ2v) is 6.09. The first-order chi connectivity index (χ1) is 10.2. The molecule has 3 rings (SSSR count). The minimum Gasteiger partial charge on any atom is -0.383 e. The van der Waals surface area contributed by atoms with Crippen LogP contribution in [0.3, 0.4) is 0 Å². The van der Waals surface area contributed by atoms with E-state index in [-0.39, 0.29) is 0 Å². The van der Waals surface area contributed by atoms with E-state index in [2.05, 4.69) is 32.0 Å². The fourth-order valence-electron chi connectivity index (χ4n) is 2.65. The minimum atomic E-state index is 0.444. The number of nitrogen functional groups attached to an aromatic ring is 1. The number of hydrogen-bond donors (Lipinski definition) is 1. The van der Waals surface area contributed by atoms with Crippen LogP contribution >= 0.6 is 15.9 Å². The highest BCUT2D eigenvalue weighted by Crippen LogP contribution is 2.28. The van der Waals surface area contributed by atoms with Crippen LogP contribution in [-0.4, -0.2) is 22.9 Å². The SMILES string of the molecule is N#Cc1c(N2CCCC2)nn(Cc2cccc(Br)c2)c1N. The van der Waals surface area contributed by atoms with E-state index >= 15 is 0 Å². The van der Waals surface area contributed by atoms with Crippen molar-refractivity contribution in [2.24, 2.45) is 0 Å². The fraction of sp³-hybridized carbons (Fsp3) is 0.333. The number of rotatable bonds is 3. The van der Waals surface area contributed by atoms with Crippen molar-refractivity contribution in [3.63, 3.8) is 0 Å². The van der Waals surface area contributed by atoms with Gasteiger partial charge in [0.15, 0.2) is 5.82 Å². The molecule has 21 heavy (non-hydrogen) atoms. The predicted molar refractivity (Wildman–Crippen MR) is 86.0 cm³/mol. The monoisotopic (exact) mass is 345 g/mol. The smallest absolute Gasteiger partial charge is 0.170 e. The lowest BCUT2D eigenvalue weighted by Crippen LogP contribution is -2.19. The van der Waals surface area contributed by atoms with Gasteiger partial charge < -0.3 is 10.6 Å². The molecular weight excluding hydrogens is 330 g/mol. The maximum absolute atomic E-state index is 9.37. The summed E-state index contributed by atoms with van der Waals surface area (Å²) >= 11 is 3.46. The van der Waals surface area contributed by atoms with Crippen LogP contribution < -0.4 is 10.6 Å². The lowest BCUT2D eigenvalue weighted by Gasteiger charge is -2.13. The number of nitriles is 1. The van der Waals surface area contributed by atoms with Crippen LogP contribution in [0, 0.1) is 11.3 Å². The molecule has 0 saturated carbocycles. The normalized spacial score (nSPS) is 14.4. The minimum absolute atomic E-state index is 0.444. The van der Waals surface area contributed by atoms with Gasteiger partial charge in [-0.1, -0.05) is 28.1 Å². The number of halogens is 1. The Morgan fingerprint density at radius 3 is 2.76 bits per heavy atom. The van der Waals surface area contributed by atoms with Crippen molar-refractivity contribution in [3.8, 4) is 6.07 Å². The summed E-state index contributed by atoms with van der Waals surface area (Å²) in [6, 6.07) is 10.2. The van der Waals surface area contributed by atoms with E-state index in [0.29, 0.717) is 17.9 Å². The van der Waals surface area contributed by atoms with Gasteiger partial charge in [0.2, 0.25) is 0 Å². The van der Waals surface area contributed by atoms with Crippen molar-refractivity contribution in [1.82, 2.24) is 9.78 Å². The van der Waals surface area contributed by atoms with Gasteiger partial charge in [-0.25, -0.2) is 4.68 Å². The van der Waals surface area contributed by atoms with Crippen molar-refractivity contribution < 1.29 is 0 Å². The number of benzene rings is 1. The lowest BCUT2D eigenvalue weighted by molar-refractivity contribution is 0.691. The molecule has 2 aromatic rings. The van der Waals surface area contributed by atoms with Crippen LogP contribution in [0.2, 0.25) is 0 Å². The van der Waals surface area contributed by atoms with Gasteiger partial charge in [0.25, 0.3) is 0 Å². The number of nitrogens with zero attached hydrogens (tertiary/aromatic N) is 4. The van der Waals surface area contributed by atoms with Crippen LogP contribution in [0.25, 0.3) is 0 Å². The quantitative estimate of drug-likeness (QED) is 0.928. The largest absolute Gasteiger partial charge is 0.383 e. The van der Waals surface area contributed by atoms with Crippen molar-refractivity contribution in [1.29, 1.82) is 5.26 Å². The van der Waals surface area contributed by atoms with E-state index in [1.165, 1.54) is 0 Å². The zero-order chi connectivity index (χ0) is 14.8. The van der Waals surface area contributed by atoms with Crippen LogP contribution in [0.5, 0.6) is 0 Å². The molecule has 2 N–H and O–H groups in total. The van der Waals surface area contributed by atoms with E-state index < -0.39 is 0 Å². The molecule has 0 bridgehead atoms. The third-order valence-corrected chi connectivity index (χ3v) is 4.21. The molecule has 1 saturated heterocycles. The molecule has 108 valence electrons. The summed E-state index contributed by atoms with van der Waals surface area (Å²) in [6.07, 6.45) is 2.28. The highest BCUT2D eigenvalue weighted by Gasteiger charge is 2.23. The van der Waals surface area contributed by atoms with Gasteiger partial charge >= 0.3 is 0 Å². The molecule has 0 amide bonds. The second kappa shape index (κ2) is 5.78. The van der Waals surface area contributed by atoms with E-state index in [0.717, 1.165) is 41.8 Å². The molecule has 6 heteroatoms. The molecule has 0 unspecified atom stereocenters. The topological polar surface area (TPSA) is 70.9 Å². The van der Waals surface area contributed by atoms with Crippen LogP contribution in [0.4, 0.5) is 11.6 Å². The molecule has 1 aliphatic heterocycles. The Labute approximate surface area is 132 Å². The maximum Gasteiger partial charge on any atom is 0.170 e. The Kier molecular flexibility index (Phi) is 3.84. The zero-order valence-corrected chi connectivity index (χ0v) is 13.2. The van der Waals surface area contributed by atoms with Crippen molar-refractivity contribution >= 4 is 27.6 Å². The van der Waals surface area contributed by atoms with Gasteiger partial charge in [-0.2, -0.15) is 10.4 Å². The molecule has 1 aromatic heterocycles. The molecule has 1 aliphatic rings. The van der Waals surface area contributed by atoms with Gasteiger partial charge in [0.1, 0.15) is 17.5 Å². The third kappa shape index (κ3) is 2.74. The Bertz CT molecular complexity index is 695. The third-order valence-electron chi connectivity index (χ3n) is 3.71. The number of aromatic nitrogens is 2. The average Bonchev–Trinajstić information content (AvgIpc) is 3.08. The molecule has 1 fully saturated rings. The Morgan fingerprint density at radius 1 is 1.33 bits per heavy atom. The first-order valence-corrected chi connectivity index (χ1v) is 7.74. The lowest BCUT2D eigenvalue weighted by atomic mass is 10.2. The molecule has 1 aromatic carbocycles. The Hall–Kier alpha value is -2.00. The van der Waals surface area contributed by atoms with Gasteiger partial charge in [-0.3, -0.25) is 0 Å². The maximum atomic E-state index is 9.37. The highest BCUT2D eigenvalue weighted by atomic mass is 79.9. The van der Waals surface area contributed by atoms with Crippen LogP contribution in [0.1, 0.15) is 24.0 Å². The van der Waals surface area contributed by atoms with E-state index in [1.54, 1.807) is 4.68 Å². The molecule has 0 atom stereocenters. The van der Waals surface area contributed by atoms with Gasteiger partial charge in [-0.15, -0.1) is 0 Å². The predicted octanol–water partition coefficient (Wildman–Crippen LogP) is 2.75. The van der Waals surface area contributed by atoms with Gasteiger partial charge in [-0.05, 0) is 30.5 Å². The molecule has 5 nitrogen and oxygen atoms in total. The summed E-state index contributed by atoms with van der Waals surface area (Å²) in [6.45, 7) is 2.46. The summed E-state index contributed by atoms with van der Waals surface area (Å²) in [4.78, 5) is 2.15. The van der Waals surface area contributed by atoms with Gasteiger partial charge in [0, 0.05) is 17.6 Å². The molecular formula is C15H16BrN5. The first kappa shape index (κ1) is 14.0. The number of nitrogens with two attached hydrogens (primary N) is 1. The first-order valence-electron chi connectivity index (χ1n) is 6.95. The van der Waals surface area contributed by atoms with Crippen LogP contribution in [0.15, 0.2) is 28.7 Å². The fourth-order valence-corrected chi connectivity index (χ4v) is 3.09. The second-order valence-electron chi connectivity index (χ2n) is 5.18. The van der Waals surface area contributed by atoms with Gasteiger partial charge in [0.05, 0.1) is 6.54 Å². The molecule has 0 radical (unpaired) electrons. The molecule has 2 heterocycles. The Balaban J connectivity index is 1.94. The molecule has 0 aliphatic carbocycles. The zero-order valence-electron chi connectivity index (χ0n) is 11.6. The van der Waals surface area contributed by atoms with E-state index in [4.69, 9.17) is 5.73 Å². The highest BCUT2D eigenvalue weighted by molar-refractivity contribution is 9.10. The van der Waals surface area contributed by atoms with Crippen molar-refractivity contribution in [3.05, 3.63) is 39.9 Å². The Morgan fingerprint density at radius 2 is 2.10 bits per heavy atom. The number of anilines is 2. The van der Waals surface area contributed by atoms with Crippen LogP contribution in [-0.2, 0) is 6.54 Å². The van der Waals surface area contributed by atoms with E-state index in [9.17, 15) is 5.26 Å². The van der Waals surface area contributed by atoms with E-state index in [1.807, 2.05) is 24.3 Å². The van der Waals surface area contributed by atoms with Crippen molar-refractivity contribution in [2.45, 2.75) is 19.4 Å². The summed E-state index contributed by atoms with van der Waals surface area (Å²) in [5.74, 6) is 1.17. The standard InChI is InChI=1S/C15H16BrN5/c16-12-5-3-4-11(8-12)10-21-14(18)13(9-17)15(19-21)20-6-1-2-7-20/h3-5,8H,1-2,6-7,10,18H2. The summed E-state index contributed by atoms with van der Waals surface area (Å²) < 4.78 is 2.74. The average molecular weight is 346 g/mol. The summed E-state index contributed by atoms with van der Waals surface area (Å²) in [5, 5.41) is 13.9. The van der Waals surface area contributed by atoms with Crippen molar-refractivity contribution in [2.75, 3.05) is 23.7 Å². The number of hydrogen-bond acceptors (Lipinski definition) is 4. The molecule has 0 spiro atoms.